The van der Waals surface area contributed by atoms with Gasteiger partial charge in [0.15, 0.2) is 6.29 Å². The van der Waals surface area contributed by atoms with Gasteiger partial charge in [0.25, 0.3) is 0 Å². The van der Waals surface area contributed by atoms with Crippen molar-refractivity contribution < 1.29 is 84.3 Å². The predicted molar refractivity (Wildman–Crippen MR) is 70.0 cm³/mol. The summed E-state index contributed by atoms with van der Waals surface area (Å²) in [4.78, 5) is 10.9. The number of aliphatic hydroxyl groups excluding tert-OH is 6. The molecule has 4 unspecified atom stereocenters. The number of aliphatic carboxylic acids is 1. The van der Waals surface area contributed by atoms with E-state index in [1.54, 1.807) is 0 Å². The number of ether oxygens (including phenoxy) is 3. The minimum Gasteiger partial charge on any atom is -0.547 e. The minimum absolute atomic E-state index is 0. The average molecular weight is 376 g/mol. The summed E-state index contributed by atoms with van der Waals surface area (Å²) in [7, 11) is 0. The van der Waals surface area contributed by atoms with Gasteiger partial charge in [-0.05, 0) is 6.92 Å². The van der Waals surface area contributed by atoms with E-state index in [0.717, 1.165) is 0 Å². The number of rotatable bonds is 4. The Morgan fingerprint density at radius 2 is 1.60 bits per heavy atom. The molecule has 0 spiro atoms. The van der Waals surface area contributed by atoms with E-state index in [2.05, 4.69) is 0 Å². The number of carbonyl (C=O) groups excluding carboxylic acids is 1. The normalized spacial score (nSPS) is 47.8. The van der Waals surface area contributed by atoms with Crippen molar-refractivity contribution in [1.29, 1.82) is 0 Å². The van der Waals surface area contributed by atoms with Crippen molar-refractivity contribution in [2.75, 3.05) is 6.61 Å². The number of carboxylic acid groups (broad SMARTS) is 1. The molecular weight excluding hydrogens is 355 g/mol. The predicted octanol–water partition coefficient (Wildman–Crippen LogP) is -8.57. The van der Waals surface area contributed by atoms with Gasteiger partial charge in [-0.25, -0.2) is 0 Å². The fourth-order valence-corrected chi connectivity index (χ4v) is 2.74. The van der Waals surface area contributed by atoms with Crippen LogP contribution >= 0.6 is 0 Å². The maximum Gasteiger partial charge on any atom is 1.00 e. The van der Waals surface area contributed by atoms with E-state index in [9.17, 15) is 40.5 Å². The Balaban J connectivity index is 0.00000312. The Morgan fingerprint density at radius 3 is 2.12 bits per heavy atom. The first kappa shape index (κ1) is 23.1. The number of aliphatic hydroxyl groups is 6. The van der Waals surface area contributed by atoms with Crippen LogP contribution in [0.1, 0.15) is 6.92 Å². The Hall–Kier alpha value is 0.110. The zero-order chi connectivity index (χ0) is 18.2. The molecule has 0 bridgehead atoms. The number of hydrogen-bond donors (Lipinski definition) is 6. The fourth-order valence-electron chi connectivity index (χ4n) is 2.74. The van der Waals surface area contributed by atoms with Crippen molar-refractivity contribution in [1.82, 2.24) is 0 Å². The topological polar surface area (TPSA) is 189 Å². The maximum absolute atomic E-state index is 10.9. The molecule has 0 amide bonds. The Labute approximate surface area is 165 Å². The third kappa shape index (κ3) is 4.69. The number of hydrogen-bond acceptors (Lipinski definition) is 11. The summed E-state index contributed by atoms with van der Waals surface area (Å²) in [5.74, 6) is -1.84. The van der Waals surface area contributed by atoms with Gasteiger partial charge < -0.3 is 54.8 Å². The molecule has 6 N–H and O–H groups in total. The Bertz CT molecular complexity index is 452. The van der Waals surface area contributed by atoms with E-state index in [4.69, 9.17) is 14.2 Å². The third-order valence-corrected chi connectivity index (χ3v) is 4.20. The van der Waals surface area contributed by atoms with Gasteiger partial charge in [0.1, 0.15) is 48.8 Å². The van der Waals surface area contributed by atoms with Crippen LogP contribution in [0.3, 0.4) is 0 Å². The molecule has 0 aromatic heterocycles. The molecule has 2 saturated heterocycles. The van der Waals surface area contributed by atoms with Crippen LogP contribution in [0, 0.1) is 0 Å². The van der Waals surface area contributed by atoms with Gasteiger partial charge in [-0.2, -0.15) is 0 Å². The summed E-state index contributed by atoms with van der Waals surface area (Å²) in [6.45, 7) is 0.880. The first-order valence-corrected chi connectivity index (χ1v) is 7.37. The molecule has 2 fully saturated rings. The van der Waals surface area contributed by atoms with E-state index in [1.165, 1.54) is 6.92 Å². The van der Waals surface area contributed by atoms with Gasteiger partial charge in [0, 0.05) is 0 Å². The van der Waals surface area contributed by atoms with E-state index in [0.29, 0.717) is 0 Å². The van der Waals surface area contributed by atoms with Crippen LogP contribution in [0.4, 0.5) is 0 Å². The Kier molecular flexibility index (Phi) is 8.66. The summed E-state index contributed by atoms with van der Waals surface area (Å²) < 4.78 is 15.3. The minimum atomic E-state index is -1.98. The molecule has 10 atom stereocenters. The van der Waals surface area contributed by atoms with E-state index in [1.807, 2.05) is 0 Å². The zero-order valence-corrected chi connectivity index (χ0v) is 15.7. The third-order valence-electron chi connectivity index (χ3n) is 4.20. The largest absolute Gasteiger partial charge is 1.00 e. The van der Waals surface area contributed by atoms with Crippen molar-refractivity contribution in [3.8, 4) is 0 Å². The molecule has 0 radical (unpaired) electrons. The van der Waals surface area contributed by atoms with Gasteiger partial charge in [-0.15, -0.1) is 0 Å². The molecule has 0 aliphatic carbocycles. The second kappa shape index (κ2) is 9.35. The molecule has 0 saturated carbocycles. The standard InChI is InChI=1S/C13H22O11.Na/c1-3-5(15)10(6(16)4(2-14)22-3)23-13-9(19)7(17)8(18)11(24-13)12(20)21;/h3-11,13-19H,2H2,1H3,(H,20,21);/q;+1/p-1/t3-,4?,5?,6-,7-,8-,9?,10+,11?,13+;/m0./s1. The molecule has 2 aliphatic heterocycles. The van der Waals surface area contributed by atoms with Crippen molar-refractivity contribution >= 4 is 5.97 Å². The van der Waals surface area contributed by atoms with E-state index >= 15 is 0 Å². The van der Waals surface area contributed by atoms with E-state index in [-0.39, 0.29) is 29.6 Å². The van der Waals surface area contributed by atoms with Crippen molar-refractivity contribution in [3.63, 3.8) is 0 Å². The number of carboxylic acids is 1. The molecule has 25 heavy (non-hydrogen) atoms. The van der Waals surface area contributed by atoms with Crippen LogP contribution in [-0.4, -0.2) is 104 Å². The van der Waals surface area contributed by atoms with Gasteiger partial charge in [-0.1, -0.05) is 0 Å². The van der Waals surface area contributed by atoms with Crippen LogP contribution < -0.4 is 34.7 Å². The first-order valence-electron chi connectivity index (χ1n) is 7.37. The summed E-state index contributed by atoms with van der Waals surface area (Å²) in [5.41, 5.74) is 0. The summed E-state index contributed by atoms with van der Waals surface area (Å²) in [6, 6.07) is 0. The maximum atomic E-state index is 10.9. The van der Waals surface area contributed by atoms with Crippen LogP contribution in [0.2, 0.25) is 0 Å². The molecular formula is C13H21NaO11. The molecule has 2 aliphatic rings. The SMILES string of the molecule is C[C@@H]1OC(CO)[C@H](O)[C@H](O[C@@H]2OC(C(=O)[O-])[C@@H](O)[C@H](O)C2O)C1O.[Na+]. The van der Waals surface area contributed by atoms with Crippen LogP contribution in [0.15, 0.2) is 0 Å². The van der Waals surface area contributed by atoms with Gasteiger partial charge in [-0.3, -0.25) is 0 Å². The van der Waals surface area contributed by atoms with Crippen molar-refractivity contribution in [2.45, 2.75) is 68.1 Å². The molecule has 11 nitrogen and oxygen atoms in total. The molecule has 140 valence electrons. The molecule has 0 aromatic rings. The quantitative estimate of drug-likeness (QED) is 0.256. The van der Waals surface area contributed by atoms with Crippen LogP contribution in [0.5, 0.6) is 0 Å². The van der Waals surface area contributed by atoms with Crippen molar-refractivity contribution in [2.24, 2.45) is 0 Å². The van der Waals surface area contributed by atoms with Gasteiger partial charge >= 0.3 is 29.6 Å². The van der Waals surface area contributed by atoms with Gasteiger partial charge in [0.05, 0.1) is 18.7 Å². The monoisotopic (exact) mass is 376 g/mol. The number of carbonyl (C=O) groups is 1. The zero-order valence-electron chi connectivity index (χ0n) is 13.7. The van der Waals surface area contributed by atoms with Gasteiger partial charge in [0.2, 0.25) is 0 Å². The first-order chi connectivity index (χ1) is 11.2. The molecule has 2 rings (SSSR count). The average Bonchev–Trinajstić information content (AvgIpc) is 2.54. The summed E-state index contributed by atoms with van der Waals surface area (Å²) >= 11 is 0. The Morgan fingerprint density at radius 1 is 1.00 bits per heavy atom. The van der Waals surface area contributed by atoms with E-state index < -0.39 is 73.8 Å². The summed E-state index contributed by atoms with van der Waals surface area (Å²) in [6.07, 6.45) is -15.7. The van der Waals surface area contributed by atoms with Crippen LogP contribution in [0.25, 0.3) is 0 Å². The molecule has 2 heterocycles. The molecule has 12 heteroatoms. The van der Waals surface area contributed by atoms with Crippen LogP contribution in [-0.2, 0) is 19.0 Å². The second-order valence-corrected chi connectivity index (χ2v) is 5.86. The smallest absolute Gasteiger partial charge is 0.547 e. The fraction of sp³-hybridized carbons (Fsp3) is 0.923. The second-order valence-electron chi connectivity index (χ2n) is 5.86. The van der Waals surface area contributed by atoms with Crippen molar-refractivity contribution in [3.05, 3.63) is 0 Å². The summed E-state index contributed by atoms with van der Waals surface area (Å²) in [5, 5.41) is 69.4. The molecule has 0 aromatic carbocycles.